The van der Waals surface area contributed by atoms with E-state index in [1.807, 2.05) is 24.3 Å². The van der Waals surface area contributed by atoms with E-state index in [9.17, 15) is 0 Å². The summed E-state index contributed by atoms with van der Waals surface area (Å²) < 4.78 is 0. The van der Waals surface area contributed by atoms with Gasteiger partial charge in [0, 0.05) is 49.3 Å². The van der Waals surface area contributed by atoms with Gasteiger partial charge >= 0.3 is 0 Å². The van der Waals surface area contributed by atoms with Gasteiger partial charge in [-0.1, -0.05) is 47.5 Å². The van der Waals surface area contributed by atoms with Crippen molar-refractivity contribution in [1.82, 2.24) is 9.80 Å². The molecule has 0 atom stereocenters. The van der Waals surface area contributed by atoms with Gasteiger partial charge in [0.1, 0.15) is 0 Å². The number of rotatable bonds is 5. The molecule has 0 spiro atoms. The summed E-state index contributed by atoms with van der Waals surface area (Å²) in [7, 11) is 0. The molecule has 0 saturated carbocycles. The third kappa shape index (κ3) is 5.22. The highest BCUT2D eigenvalue weighted by Gasteiger charge is 2.16. The Balaban J connectivity index is 1.42. The van der Waals surface area contributed by atoms with E-state index in [0.717, 1.165) is 55.7 Å². The number of nitrogens with zero attached hydrogens (tertiary/aromatic N) is 2. The predicted molar refractivity (Wildman–Crippen MR) is 98.3 cm³/mol. The quantitative estimate of drug-likeness (QED) is 0.792. The lowest BCUT2D eigenvalue weighted by molar-refractivity contribution is 0.128. The van der Waals surface area contributed by atoms with Crippen molar-refractivity contribution in [3.8, 4) is 0 Å². The normalized spacial score (nSPS) is 16.6. The lowest BCUT2D eigenvalue weighted by atomic mass is 10.1. The van der Waals surface area contributed by atoms with Crippen molar-refractivity contribution in [2.24, 2.45) is 0 Å². The van der Waals surface area contributed by atoms with Gasteiger partial charge in [0.25, 0.3) is 0 Å². The van der Waals surface area contributed by atoms with Crippen LogP contribution in [0.15, 0.2) is 48.5 Å². The molecule has 0 N–H and O–H groups in total. The Labute approximate surface area is 148 Å². The van der Waals surface area contributed by atoms with Crippen molar-refractivity contribution >= 4 is 23.2 Å². The maximum atomic E-state index is 6.06. The lowest BCUT2D eigenvalue weighted by Gasteiger charge is -2.34. The van der Waals surface area contributed by atoms with Gasteiger partial charge in [0.15, 0.2) is 0 Å². The molecular formula is C19H22Cl2N2. The highest BCUT2D eigenvalue weighted by atomic mass is 35.5. The third-order valence-corrected chi connectivity index (χ3v) is 4.88. The van der Waals surface area contributed by atoms with Crippen LogP contribution in [0.1, 0.15) is 11.1 Å². The molecule has 1 aliphatic heterocycles. The average molecular weight is 349 g/mol. The first-order valence-corrected chi connectivity index (χ1v) is 8.88. The molecule has 23 heavy (non-hydrogen) atoms. The zero-order chi connectivity index (χ0) is 16.1. The summed E-state index contributed by atoms with van der Waals surface area (Å²) in [5.41, 5.74) is 2.66. The van der Waals surface area contributed by atoms with Gasteiger partial charge < -0.3 is 4.90 Å². The van der Waals surface area contributed by atoms with Crippen LogP contribution in [0, 0.1) is 0 Å². The lowest BCUT2D eigenvalue weighted by Crippen LogP contribution is -2.46. The Hall–Kier alpha value is -1.06. The minimum absolute atomic E-state index is 0.809. The molecule has 0 radical (unpaired) electrons. The van der Waals surface area contributed by atoms with Gasteiger partial charge in [-0.3, -0.25) is 4.90 Å². The smallest absolute Gasteiger partial charge is 0.0409 e. The second-order valence-electron chi connectivity index (χ2n) is 6.12. The van der Waals surface area contributed by atoms with Crippen molar-refractivity contribution in [3.63, 3.8) is 0 Å². The maximum absolute atomic E-state index is 6.06. The summed E-state index contributed by atoms with van der Waals surface area (Å²) in [5, 5.41) is 1.63. The Morgan fingerprint density at radius 1 is 0.739 bits per heavy atom. The second kappa shape index (κ2) is 8.16. The van der Waals surface area contributed by atoms with Crippen LogP contribution in [-0.4, -0.2) is 42.5 Å². The Morgan fingerprint density at radius 3 is 2.13 bits per heavy atom. The van der Waals surface area contributed by atoms with Gasteiger partial charge in [0.2, 0.25) is 0 Å². The van der Waals surface area contributed by atoms with Crippen LogP contribution < -0.4 is 0 Å². The van der Waals surface area contributed by atoms with Crippen molar-refractivity contribution in [2.75, 3.05) is 32.7 Å². The summed E-state index contributed by atoms with van der Waals surface area (Å²) >= 11 is 12.0. The molecule has 2 nitrogen and oxygen atoms in total. The molecule has 0 amide bonds. The van der Waals surface area contributed by atoms with E-state index >= 15 is 0 Å². The van der Waals surface area contributed by atoms with E-state index in [2.05, 4.69) is 34.1 Å². The van der Waals surface area contributed by atoms with Crippen molar-refractivity contribution in [3.05, 3.63) is 69.7 Å². The van der Waals surface area contributed by atoms with Crippen LogP contribution in [0.4, 0.5) is 0 Å². The Kier molecular flexibility index (Phi) is 5.96. The monoisotopic (exact) mass is 348 g/mol. The Bertz CT molecular complexity index is 620. The van der Waals surface area contributed by atoms with E-state index in [1.54, 1.807) is 0 Å². The van der Waals surface area contributed by atoms with Crippen LogP contribution in [-0.2, 0) is 13.0 Å². The molecule has 1 aliphatic rings. The number of hydrogen-bond donors (Lipinski definition) is 0. The fraction of sp³-hybridized carbons (Fsp3) is 0.368. The average Bonchev–Trinajstić information content (AvgIpc) is 2.56. The number of benzene rings is 2. The van der Waals surface area contributed by atoms with Gasteiger partial charge in [-0.15, -0.1) is 0 Å². The van der Waals surface area contributed by atoms with E-state index in [0.29, 0.717) is 0 Å². The molecule has 0 aliphatic carbocycles. The molecule has 0 unspecified atom stereocenters. The second-order valence-corrected chi connectivity index (χ2v) is 7.00. The SMILES string of the molecule is Clc1ccc(CCN2CCN(Cc3cccc(Cl)c3)CC2)cc1. The molecule has 1 fully saturated rings. The molecule has 4 heteroatoms. The van der Waals surface area contributed by atoms with E-state index in [-0.39, 0.29) is 0 Å². The minimum Gasteiger partial charge on any atom is -0.300 e. The summed E-state index contributed by atoms with van der Waals surface area (Å²) in [6.45, 7) is 6.61. The Morgan fingerprint density at radius 2 is 1.43 bits per heavy atom. The molecule has 2 aromatic rings. The van der Waals surface area contributed by atoms with Crippen LogP contribution in [0.5, 0.6) is 0 Å². The molecular weight excluding hydrogens is 327 g/mol. The first-order chi connectivity index (χ1) is 11.2. The van der Waals surface area contributed by atoms with Crippen LogP contribution >= 0.6 is 23.2 Å². The highest BCUT2D eigenvalue weighted by molar-refractivity contribution is 6.30. The van der Waals surface area contributed by atoms with Gasteiger partial charge in [-0.2, -0.15) is 0 Å². The van der Waals surface area contributed by atoms with Crippen LogP contribution in [0.25, 0.3) is 0 Å². The zero-order valence-corrected chi connectivity index (χ0v) is 14.7. The van der Waals surface area contributed by atoms with Crippen LogP contribution in [0.2, 0.25) is 10.0 Å². The summed E-state index contributed by atoms with van der Waals surface area (Å²) in [4.78, 5) is 5.05. The summed E-state index contributed by atoms with van der Waals surface area (Å²) in [5.74, 6) is 0. The number of halogens is 2. The molecule has 0 bridgehead atoms. The predicted octanol–water partition coefficient (Wildman–Crippen LogP) is 4.35. The van der Waals surface area contributed by atoms with Gasteiger partial charge in [-0.05, 0) is 41.8 Å². The van der Waals surface area contributed by atoms with Crippen LogP contribution in [0.3, 0.4) is 0 Å². The molecule has 2 aromatic carbocycles. The topological polar surface area (TPSA) is 6.48 Å². The maximum Gasteiger partial charge on any atom is 0.0409 e. The molecule has 122 valence electrons. The van der Waals surface area contributed by atoms with E-state index in [1.165, 1.54) is 11.1 Å². The van der Waals surface area contributed by atoms with E-state index < -0.39 is 0 Å². The van der Waals surface area contributed by atoms with Crippen molar-refractivity contribution in [1.29, 1.82) is 0 Å². The fourth-order valence-electron chi connectivity index (χ4n) is 3.00. The van der Waals surface area contributed by atoms with Gasteiger partial charge in [0.05, 0.1) is 0 Å². The number of hydrogen-bond acceptors (Lipinski definition) is 2. The number of piperazine rings is 1. The van der Waals surface area contributed by atoms with E-state index in [4.69, 9.17) is 23.2 Å². The minimum atomic E-state index is 0.809. The fourth-order valence-corrected chi connectivity index (χ4v) is 3.34. The molecule has 1 heterocycles. The van der Waals surface area contributed by atoms with Gasteiger partial charge in [-0.25, -0.2) is 0 Å². The molecule has 0 aromatic heterocycles. The molecule has 1 saturated heterocycles. The summed E-state index contributed by atoms with van der Waals surface area (Å²) in [6, 6.07) is 16.4. The molecule has 3 rings (SSSR count). The summed E-state index contributed by atoms with van der Waals surface area (Å²) in [6.07, 6.45) is 1.09. The van der Waals surface area contributed by atoms with Crippen molar-refractivity contribution < 1.29 is 0 Å². The highest BCUT2D eigenvalue weighted by Crippen LogP contribution is 2.15. The standard InChI is InChI=1S/C19H22Cl2N2/c20-18-6-4-16(5-7-18)8-9-22-10-12-23(13-11-22)15-17-2-1-3-19(21)14-17/h1-7,14H,8-13,15H2. The third-order valence-electron chi connectivity index (χ3n) is 4.39. The first-order valence-electron chi connectivity index (χ1n) is 8.13. The zero-order valence-electron chi connectivity index (χ0n) is 13.2. The largest absolute Gasteiger partial charge is 0.300 e. The van der Waals surface area contributed by atoms with Crippen molar-refractivity contribution in [2.45, 2.75) is 13.0 Å². The first kappa shape index (κ1) is 16.8.